The summed E-state index contributed by atoms with van der Waals surface area (Å²) in [5.74, 6) is 0. The number of aliphatic hydroxyl groups excluding tert-OH is 6. The molecule has 0 spiro atoms. The van der Waals surface area contributed by atoms with Crippen LogP contribution in [-0.4, -0.2) is 82.9 Å². The van der Waals surface area contributed by atoms with E-state index in [1.54, 1.807) is 0 Å². The zero-order valence-corrected chi connectivity index (χ0v) is 21.5. The van der Waals surface area contributed by atoms with E-state index in [1.165, 1.54) is 0 Å². The monoisotopic (exact) mass is 444 g/mol. The van der Waals surface area contributed by atoms with E-state index < -0.39 is 53.3 Å². The van der Waals surface area contributed by atoms with Crippen molar-refractivity contribution in [2.75, 3.05) is 13.2 Å². The van der Waals surface area contributed by atoms with Crippen molar-refractivity contribution in [1.82, 2.24) is 0 Å². The van der Waals surface area contributed by atoms with Crippen LogP contribution in [0.3, 0.4) is 0 Å². The number of hydrogen-bond donors (Lipinski definition) is 9. The zero-order chi connectivity index (χ0) is 18.7. The number of phosphoric acid groups is 2. The Morgan fingerprint density at radius 2 is 0.800 bits per heavy atom. The molecular weight excluding hydrogens is 427 g/mol. The van der Waals surface area contributed by atoms with Crippen LogP contribution >= 0.6 is 15.6 Å². The smallest absolute Gasteiger partial charge is 0.790 e. The van der Waals surface area contributed by atoms with E-state index in [-0.39, 0.29) is 88.7 Å². The topological polar surface area (TPSA) is 285 Å². The van der Waals surface area contributed by atoms with E-state index in [2.05, 4.69) is 0 Å². The second-order valence-electron chi connectivity index (χ2n) is 3.44. The van der Waals surface area contributed by atoms with Gasteiger partial charge in [-0.05, 0) is 0 Å². The molecule has 138 valence electrons. The van der Waals surface area contributed by atoms with Crippen LogP contribution in [0.5, 0.6) is 0 Å². The van der Waals surface area contributed by atoms with E-state index in [9.17, 15) is 0 Å². The van der Waals surface area contributed by atoms with Crippen molar-refractivity contribution in [1.29, 1.82) is 0 Å². The molecule has 0 radical (unpaired) electrons. The Balaban J connectivity index is -0.0000000592. The third-order valence-electron chi connectivity index (χ3n) is 1.51. The minimum Gasteiger partial charge on any atom is -0.790 e. The number of aliphatic hydroxyl groups is 6. The third kappa shape index (κ3) is 46.7. The Hall–Kier alpha value is 2.98. The SMILES string of the molecule is O=P([O-])(O)O.O=P([O-])([O-])O.OC[C@@H](O)[C@@H](O)[C@H](O)[C@H](O)CO.[Na+].[Na+].[Na+]. The third-order valence-corrected chi connectivity index (χ3v) is 1.51. The van der Waals surface area contributed by atoms with E-state index in [1.807, 2.05) is 0 Å². The van der Waals surface area contributed by atoms with Gasteiger partial charge in [-0.2, -0.15) is 0 Å². The molecule has 25 heavy (non-hydrogen) atoms. The molecule has 0 aliphatic rings. The summed E-state index contributed by atoms with van der Waals surface area (Å²) >= 11 is 0. The fourth-order valence-corrected chi connectivity index (χ4v) is 0.671. The van der Waals surface area contributed by atoms with E-state index in [4.69, 9.17) is 69.1 Å². The van der Waals surface area contributed by atoms with Crippen molar-refractivity contribution < 1.29 is 158 Å². The molecule has 0 amide bonds. The molecule has 0 saturated carbocycles. The Labute approximate surface area is 208 Å². The van der Waals surface area contributed by atoms with Gasteiger partial charge in [0.25, 0.3) is 7.82 Å². The molecule has 0 aromatic carbocycles. The molecule has 14 nitrogen and oxygen atoms in total. The molecule has 0 aromatic heterocycles. The first kappa shape index (κ1) is 42.2. The predicted molar refractivity (Wildman–Crippen MR) is 60.1 cm³/mol. The molecular formula is C6H17Na3O14P2. The zero-order valence-electron chi connectivity index (χ0n) is 13.7. The minimum atomic E-state index is -5.14. The van der Waals surface area contributed by atoms with Gasteiger partial charge >= 0.3 is 88.7 Å². The second kappa shape index (κ2) is 21.7. The molecule has 19 heteroatoms. The van der Waals surface area contributed by atoms with Crippen LogP contribution in [0.4, 0.5) is 0 Å². The predicted octanol–water partition coefficient (Wildman–Crippen LogP) is -16.3. The number of hydrogen-bond acceptors (Lipinski definition) is 11. The molecule has 0 fully saturated rings. The summed E-state index contributed by atoms with van der Waals surface area (Å²) in [5.41, 5.74) is 0. The van der Waals surface area contributed by atoms with E-state index in [0.29, 0.717) is 0 Å². The van der Waals surface area contributed by atoms with Crippen LogP contribution in [0.2, 0.25) is 0 Å². The molecule has 0 rings (SSSR count). The van der Waals surface area contributed by atoms with E-state index in [0.717, 1.165) is 0 Å². The first-order valence-electron chi connectivity index (χ1n) is 4.99. The van der Waals surface area contributed by atoms with Crippen molar-refractivity contribution in [2.45, 2.75) is 24.4 Å². The maximum atomic E-state index is 8.96. The maximum Gasteiger partial charge on any atom is 1.00 e. The largest absolute Gasteiger partial charge is 1.00 e. The van der Waals surface area contributed by atoms with Gasteiger partial charge in [0.1, 0.15) is 24.4 Å². The van der Waals surface area contributed by atoms with Crippen LogP contribution in [0, 0.1) is 0 Å². The van der Waals surface area contributed by atoms with Crippen LogP contribution < -0.4 is 103 Å². The fourth-order valence-electron chi connectivity index (χ4n) is 0.671. The molecule has 0 unspecified atom stereocenters. The van der Waals surface area contributed by atoms with Gasteiger partial charge in [0, 0.05) is 0 Å². The summed E-state index contributed by atoms with van der Waals surface area (Å²) in [6.07, 6.45) is -6.39. The van der Waals surface area contributed by atoms with Gasteiger partial charge in [-0.15, -0.1) is 0 Å². The second-order valence-corrected chi connectivity index (χ2v) is 5.36. The standard InChI is InChI=1S/C6H14O6.3Na.2H3O4P/c7-1-3(9)5(11)6(12)4(10)2-8;;;;2*1-5(2,3)4/h3-12H,1-2H2;;;;2*(H3,1,2,3,4)/q;3*+1;;/p-3/t3-,4-,5-,6-;;;;;/m1...../s1. The van der Waals surface area contributed by atoms with Gasteiger partial charge in [0.2, 0.25) is 0 Å². The summed E-state index contributed by atoms with van der Waals surface area (Å²) in [6.45, 7) is -1.45. The molecule has 0 aliphatic heterocycles. The fraction of sp³-hybridized carbons (Fsp3) is 1.00. The Morgan fingerprint density at radius 3 is 0.880 bits per heavy atom. The molecule has 0 aromatic rings. The van der Waals surface area contributed by atoms with Gasteiger partial charge in [0.05, 0.1) is 21.0 Å². The molecule has 0 bridgehead atoms. The summed E-state index contributed by atoms with van der Waals surface area (Å²) in [7, 11) is -10.0. The first-order valence-corrected chi connectivity index (χ1v) is 8.02. The summed E-state index contributed by atoms with van der Waals surface area (Å²) < 4.78 is 17.4. The molecule has 0 saturated heterocycles. The van der Waals surface area contributed by atoms with Crippen molar-refractivity contribution >= 4 is 15.6 Å². The molecule has 4 atom stereocenters. The van der Waals surface area contributed by atoms with Crippen molar-refractivity contribution in [2.24, 2.45) is 0 Å². The van der Waals surface area contributed by atoms with Crippen LogP contribution in [-0.2, 0) is 9.13 Å². The van der Waals surface area contributed by atoms with Crippen molar-refractivity contribution in [3.63, 3.8) is 0 Å². The van der Waals surface area contributed by atoms with Gasteiger partial charge in [-0.3, -0.25) is 4.57 Å². The van der Waals surface area contributed by atoms with Gasteiger partial charge in [-0.25, -0.2) is 0 Å². The summed E-state index contributed by atoms with van der Waals surface area (Å²) in [4.78, 5) is 47.2. The van der Waals surface area contributed by atoms with Crippen molar-refractivity contribution in [3.8, 4) is 0 Å². The van der Waals surface area contributed by atoms with Gasteiger partial charge in [-0.1, -0.05) is 0 Å². The Morgan fingerprint density at radius 1 is 0.680 bits per heavy atom. The average Bonchev–Trinajstić information content (AvgIpc) is 2.30. The summed E-state index contributed by atoms with van der Waals surface area (Å²) in [5, 5.41) is 52.2. The van der Waals surface area contributed by atoms with Gasteiger partial charge < -0.3 is 64.6 Å². The normalized spacial score (nSPS) is 15.0. The average molecular weight is 444 g/mol. The van der Waals surface area contributed by atoms with Crippen molar-refractivity contribution in [3.05, 3.63) is 0 Å². The Bertz CT molecular complexity index is 312. The first-order chi connectivity index (χ1) is 9.54. The van der Waals surface area contributed by atoms with Gasteiger partial charge in [0.15, 0.2) is 0 Å². The summed E-state index contributed by atoms with van der Waals surface area (Å²) in [6, 6.07) is 0. The Kier molecular flexibility index (Phi) is 36.6. The van der Waals surface area contributed by atoms with Crippen LogP contribution in [0.25, 0.3) is 0 Å². The van der Waals surface area contributed by atoms with Crippen LogP contribution in [0.15, 0.2) is 0 Å². The minimum absolute atomic E-state index is 0. The molecule has 0 aliphatic carbocycles. The van der Waals surface area contributed by atoms with E-state index >= 15 is 0 Å². The molecule has 9 N–H and O–H groups in total. The molecule has 0 heterocycles. The maximum absolute atomic E-state index is 8.96. The quantitative estimate of drug-likeness (QED) is 0.141. The van der Waals surface area contributed by atoms with Crippen LogP contribution in [0.1, 0.15) is 0 Å². The number of rotatable bonds is 5.